The SMILES string of the molecule is O=c1cc2n(c(=O)[nH]1)[C@]1(CO2)O[C@H](CO)[C@@H](O)[C@H]1O. The van der Waals surface area contributed by atoms with Crippen LogP contribution in [0, 0.1) is 0 Å². The molecule has 1 saturated heterocycles. The van der Waals surface area contributed by atoms with Crippen LogP contribution in [0.2, 0.25) is 0 Å². The lowest BCUT2D eigenvalue weighted by atomic mass is 10.0. The molecule has 0 saturated carbocycles. The van der Waals surface area contributed by atoms with E-state index in [9.17, 15) is 19.8 Å². The van der Waals surface area contributed by atoms with Crippen LogP contribution < -0.4 is 16.0 Å². The highest BCUT2D eigenvalue weighted by Gasteiger charge is 2.59. The second-order valence-electron chi connectivity index (χ2n) is 4.52. The van der Waals surface area contributed by atoms with Gasteiger partial charge in [0.15, 0.2) is 0 Å². The first-order valence-electron chi connectivity index (χ1n) is 5.64. The summed E-state index contributed by atoms with van der Waals surface area (Å²) < 4.78 is 11.5. The largest absolute Gasteiger partial charge is 0.473 e. The third-order valence-corrected chi connectivity index (χ3v) is 3.42. The van der Waals surface area contributed by atoms with Gasteiger partial charge in [0.05, 0.1) is 12.7 Å². The van der Waals surface area contributed by atoms with E-state index >= 15 is 0 Å². The number of ether oxygens (including phenoxy) is 2. The molecule has 19 heavy (non-hydrogen) atoms. The Kier molecular flexibility index (Phi) is 2.54. The van der Waals surface area contributed by atoms with E-state index in [0.29, 0.717) is 0 Å². The van der Waals surface area contributed by atoms with Crippen LogP contribution in [-0.4, -0.2) is 56.4 Å². The van der Waals surface area contributed by atoms with Crippen LogP contribution in [0.15, 0.2) is 15.7 Å². The Morgan fingerprint density at radius 3 is 2.84 bits per heavy atom. The molecule has 1 aromatic heterocycles. The normalized spacial score (nSPS) is 36.5. The molecule has 9 nitrogen and oxygen atoms in total. The molecule has 0 amide bonds. The van der Waals surface area contributed by atoms with Gasteiger partial charge in [0.1, 0.15) is 24.9 Å². The second kappa shape index (κ2) is 3.90. The summed E-state index contributed by atoms with van der Waals surface area (Å²) in [5.41, 5.74) is -3.09. The minimum Gasteiger partial charge on any atom is -0.473 e. The molecule has 0 radical (unpaired) electrons. The maximum absolute atomic E-state index is 11.8. The van der Waals surface area contributed by atoms with Crippen molar-refractivity contribution in [1.82, 2.24) is 9.55 Å². The van der Waals surface area contributed by atoms with Gasteiger partial charge in [0.25, 0.3) is 5.56 Å². The third-order valence-electron chi connectivity index (χ3n) is 3.42. The fraction of sp³-hybridized carbons (Fsp3) is 0.600. The number of rotatable bonds is 1. The number of hydrogen-bond acceptors (Lipinski definition) is 7. The number of aliphatic hydroxyl groups excluding tert-OH is 3. The summed E-state index contributed by atoms with van der Waals surface area (Å²) in [6, 6.07) is 1.05. The highest BCUT2D eigenvalue weighted by molar-refractivity contribution is 5.19. The van der Waals surface area contributed by atoms with E-state index in [1.807, 2.05) is 4.98 Å². The number of nitrogens with one attached hydrogen (secondary N) is 1. The quantitative estimate of drug-likeness (QED) is 0.420. The average molecular weight is 272 g/mol. The van der Waals surface area contributed by atoms with Crippen LogP contribution in [-0.2, 0) is 10.5 Å². The van der Waals surface area contributed by atoms with E-state index in [2.05, 4.69) is 0 Å². The molecule has 1 aromatic rings. The van der Waals surface area contributed by atoms with Crippen molar-refractivity contribution in [2.24, 2.45) is 0 Å². The second-order valence-corrected chi connectivity index (χ2v) is 4.52. The Labute approximate surface area is 105 Å². The first kappa shape index (κ1) is 12.4. The Hall–Kier alpha value is -1.68. The first-order chi connectivity index (χ1) is 8.99. The van der Waals surface area contributed by atoms with Crippen molar-refractivity contribution in [2.75, 3.05) is 13.2 Å². The van der Waals surface area contributed by atoms with Gasteiger partial charge in [-0.3, -0.25) is 9.78 Å². The molecule has 3 rings (SSSR count). The summed E-state index contributed by atoms with van der Waals surface area (Å²) in [7, 11) is 0. The van der Waals surface area contributed by atoms with Crippen LogP contribution in [0.4, 0.5) is 0 Å². The zero-order chi connectivity index (χ0) is 13.8. The van der Waals surface area contributed by atoms with Gasteiger partial charge in [0.2, 0.25) is 11.6 Å². The molecule has 2 aliphatic heterocycles. The van der Waals surface area contributed by atoms with E-state index in [4.69, 9.17) is 14.6 Å². The Bertz CT molecular complexity index is 623. The van der Waals surface area contributed by atoms with Crippen LogP contribution in [0.5, 0.6) is 5.88 Å². The molecule has 9 heteroatoms. The Morgan fingerprint density at radius 1 is 1.47 bits per heavy atom. The molecular formula is C10H12N2O7. The monoisotopic (exact) mass is 272 g/mol. The molecule has 0 unspecified atom stereocenters. The molecule has 0 bridgehead atoms. The predicted octanol–water partition coefficient (Wildman–Crippen LogP) is -3.31. The lowest BCUT2D eigenvalue weighted by Gasteiger charge is -2.26. The molecular weight excluding hydrogens is 260 g/mol. The van der Waals surface area contributed by atoms with E-state index < -0.39 is 41.9 Å². The number of hydrogen-bond donors (Lipinski definition) is 4. The minimum atomic E-state index is -1.64. The molecule has 104 valence electrons. The first-order valence-corrected chi connectivity index (χ1v) is 5.64. The molecule has 1 spiro atoms. The van der Waals surface area contributed by atoms with Gasteiger partial charge in [-0.15, -0.1) is 0 Å². The Morgan fingerprint density at radius 2 is 2.21 bits per heavy atom. The van der Waals surface area contributed by atoms with Crippen molar-refractivity contribution in [3.8, 4) is 5.88 Å². The molecule has 4 atom stereocenters. The number of fused-ring (bicyclic) bond motifs is 2. The maximum atomic E-state index is 11.8. The average Bonchev–Trinajstić information content (AvgIpc) is 2.84. The van der Waals surface area contributed by atoms with Crippen molar-refractivity contribution in [3.63, 3.8) is 0 Å². The van der Waals surface area contributed by atoms with E-state index in [0.717, 1.165) is 10.6 Å². The number of aromatic amines is 1. The lowest BCUT2D eigenvalue weighted by molar-refractivity contribution is -0.146. The number of aliphatic hydroxyl groups is 3. The van der Waals surface area contributed by atoms with Gasteiger partial charge < -0.3 is 24.8 Å². The Balaban J connectivity index is 2.17. The van der Waals surface area contributed by atoms with Gasteiger partial charge in [0, 0.05) is 0 Å². The van der Waals surface area contributed by atoms with E-state index in [1.165, 1.54) is 0 Å². The molecule has 1 fully saturated rings. The summed E-state index contributed by atoms with van der Waals surface area (Å²) in [4.78, 5) is 25.0. The summed E-state index contributed by atoms with van der Waals surface area (Å²) in [6.07, 6.45) is -3.86. The molecule has 4 N–H and O–H groups in total. The van der Waals surface area contributed by atoms with Gasteiger partial charge in [-0.2, -0.15) is 0 Å². The summed E-state index contributed by atoms with van der Waals surface area (Å²) in [5.74, 6) is -0.0569. The fourth-order valence-electron chi connectivity index (χ4n) is 2.50. The highest BCUT2D eigenvalue weighted by Crippen LogP contribution is 2.40. The fourth-order valence-corrected chi connectivity index (χ4v) is 2.50. The van der Waals surface area contributed by atoms with Crippen molar-refractivity contribution in [3.05, 3.63) is 26.9 Å². The van der Waals surface area contributed by atoms with Crippen molar-refractivity contribution in [2.45, 2.75) is 24.0 Å². The van der Waals surface area contributed by atoms with Crippen LogP contribution in [0.3, 0.4) is 0 Å². The van der Waals surface area contributed by atoms with Gasteiger partial charge in [-0.25, -0.2) is 9.36 Å². The minimum absolute atomic E-state index is 0.0569. The number of aromatic nitrogens is 2. The third kappa shape index (κ3) is 1.49. The molecule has 0 aromatic carbocycles. The maximum Gasteiger partial charge on any atom is 0.333 e. The van der Waals surface area contributed by atoms with Gasteiger partial charge in [-0.05, 0) is 0 Å². The zero-order valence-corrected chi connectivity index (χ0v) is 9.65. The van der Waals surface area contributed by atoms with Gasteiger partial charge >= 0.3 is 5.69 Å². The van der Waals surface area contributed by atoms with E-state index in [-0.39, 0.29) is 12.5 Å². The topological polar surface area (TPSA) is 134 Å². The standard InChI is InChI=1S/C10H12N2O7/c13-2-4-7(15)8(16)10(19-4)3-18-6-1-5(14)11-9(17)12(6)10/h1,4,7-8,13,15-16H,2-3H2,(H,11,14,17)/t4-,7-,8-,10-/m1/s1. The van der Waals surface area contributed by atoms with Crippen LogP contribution >= 0.6 is 0 Å². The molecule has 0 aliphatic carbocycles. The lowest BCUT2D eigenvalue weighted by Crippen LogP contribution is -2.50. The highest BCUT2D eigenvalue weighted by atomic mass is 16.6. The van der Waals surface area contributed by atoms with Crippen LogP contribution in [0.25, 0.3) is 0 Å². The number of nitrogens with zero attached hydrogens (tertiary/aromatic N) is 1. The van der Waals surface area contributed by atoms with Crippen molar-refractivity contribution >= 4 is 0 Å². The summed E-state index contributed by atoms with van der Waals surface area (Å²) in [5, 5.41) is 28.9. The van der Waals surface area contributed by atoms with Crippen molar-refractivity contribution in [1.29, 1.82) is 0 Å². The van der Waals surface area contributed by atoms with Gasteiger partial charge in [-0.1, -0.05) is 0 Å². The van der Waals surface area contributed by atoms with Crippen LogP contribution in [0.1, 0.15) is 0 Å². The number of H-pyrrole nitrogens is 1. The van der Waals surface area contributed by atoms with E-state index in [1.54, 1.807) is 0 Å². The smallest absolute Gasteiger partial charge is 0.333 e. The summed E-state index contributed by atoms with van der Waals surface area (Å²) >= 11 is 0. The zero-order valence-electron chi connectivity index (χ0n) is 9.65. The predicted molar refractivity (Wildman–Crippen MR) is 58.8 cm³/mol. The van der Waals surface area contributed by atoms with Crippen molar-refractivity contribution < 1.29 is 24.8 Å². The molecule has 3 heterocycles. The molecule has 2 aliphatic rings. The summed E-state index contributed by atoms with van der Waals surface area (Å²) in [6.45, 7) is -0.762.